The van der Waals surface area contributed by atoms with E-state index >= 15 is 0 Å². The molecule has 7 nitrogen and oxygen atoms in total. The van der Waals surface area contributed by atoms with Crippen molar-refractivity contribution in [2.45, 2.75) is 26.3 Å². The fraction of sp³-hybridized carbons (Fsp3) is 0.455. The third-order valence-corrected chi connectivity index (χ3v) is 2.87. The van der Waals surface area contributed by atoms with Crippen molar-refractivity contribution in [1.29, 1.82) is 0 Å². The maximum Gasteiger partial charge on any atom is 0.328 e. The molecule has 0 radical (unpaired) electrons. The van der Waals surface area contributed by atoms with Gasteiger partial charge in [-0.05, 0) is 26.8 Å². The van der Waals surface area contributed by atoms with E-state index in [0.717, 1.165) is 0 Å². The number of carboxylic acid groups (broad SMARTS) is 1. The van der Waals surface area contributed by atoms with Crippen LogP contribution in [-0.4, -0.2) is 33.6 Å². The lowest BCUT2D eigenvalue weighted by Gasteiger charge is -2.32. The number of likely N-dealkylation sites (N-methyl/N-ethyl adjacent to an activating group) is 1. The van der Waals surface area contributed by atoms with Crippen molar-refractivity contribution in [3.05, 3.63) is 27.9 Å². The first kappa shape index (κ1) is 13.9. The second-order valence-electron chi connectivity index (χ2n) is 4.48. The first-order valence-electron chi connectivity index (χ1n) is 5.27. The summed E-state index contributed by atoms with van der Waals surface area (Å²) in [7, 11) is 1.48. The van der Waals surface area contributed by atoms with Gasteiger partial charge in [0.15, 0.2) is 0 Å². The van der Waals surface area contributed by atoms with Gasteiger partial charge in [-0.15, -0.1) is 0 Å². The molecule has 0 aliphatic rings. The molecule has 18 heavy (non-hydrogen) atoms. The third kappa shape index (κ3) is 2.39. The number of hydrogen-bond acceptors (Lipinski definition) is 5. The molecule has 0 atom stereocenters. The van der Waals surface area contributed by atoms with E-state index in [-0.39, 0.29) is 11.5 Å². The van der Waals surface area contributed by atoms with Gasteiger partial charge in [0.1, 0.15) is 5.54 Å². The lowest BCUT2D eigenvalue weighted by Crippen LogP contribution is -2.48. The van der Waals surface area contributed by atoms with E-state index in [1.165, 1.54) is 37.9 Å². The fourth-order valence-corrected chi connectivity index (χ4v) is 1.33. The van der Waals surface area contributed by atoms with Gasteiger partial charge in [-0.25, -0.2) is 9.78 Å². The number of carboxylic acids is 1. The zero-order valence-electron chi connectivity index (χ0n) is 10.7. The summed E-state index contributed by atoms with van der Waals surface area (Å²) in [5, 5.41) is 20.1. The summed E-state index contributed by atoms with van der Waals surface area (Å²) in [6.45, 7) is 4.61. The number of hydrogen-bond donors (Lipinski definition) is 1. The lowest BCUT2D eigenvalue weighted by molar-refractivity contribution is -0.384. The zero-order chi connectivity index (χ0) is 14.1. The number of pyridine rings is 1. The molecule has 0 aromatic carbocycles. The predicted octanol–water partition coefficient (Wildman–Crippen LogP) is 1.60. The van der Waals surface area contributed by atoms with Crippen molar-refractivity contribution >= 4 is 17.5 Å². The standard InChI is InChI=1S/C11H15N3O4/c1-7-5-6-8(14(17)18)9(12-7)13(4)11(2,3)10(15)16/h5-6H,1-4H3,(H,15,16). The maximum absolute atomic E-state index is 11.2. The molecule has 1 heterocycles. The van der Waals surface area contributed by atoms with Crippen LogP contribution < -0.4 is 4.90 Å². The number of carbonyl (C=O) groups is 1. The van der Waals surface area contributed by atoms with Crippen LogP contribution in [0.1, 0.15) is 19.5 Å². The Morgan fingerprint density at radius 3 is 2.50 bits per heavy atom. The normalized spacial score (nSPS) is 11.1. The van der Waals surface area contributed by atoms with Crippen LogP contribution in [0.3, 0.4) is 0 Å². The van der Waals surface area contributed by atoms with Gasteiger partial charge < -0.3 is 10.0 Å². The van der Waals surface area contributed by atoms with Crippen molar-refractivity contribution in [2.24, 2.45) is 0 Å². The van der Waals surface area contributed by atoms with Gasteiger partial charge in [-0.1, -0.05) is 0 Å². The van der Waals surface area contributed by atoms with Crippen molar-refractivity contribution in [2.75, 3.05) is 11.9 Å². The highest BCUT2D eigenvalue weighted by atomic mass is 16.6. The molecule has 7 heteroatoms. The van der Waals surface area contributed by atoms with Crippen molar-refractivity contribution in [3.63, 3.8) is 0 Å². The van der Waals surface area contributed by atoms with Gasteiger partial charge in [-0.3, -0.25) is 10.1 Å². The van der Waals surface area contributed by atoms with E-state index in [1.54, 1.807) is 6.92 Å². The molecule has 1 aromatic heterocycles. The average molecular weight is 253 g/mol. The van der Waals surface area contributed by atoms with Crippen LogP contribution in [0.5, 0.6) is 0 Å². The first-order chi connectivity index (χ1) is 8.17. The quantitative estimate of drug-likeness (QED) is 0.646. The third-order valence-electron chi connectivity index (χ3n) is 2.87. The van der Waals surface area contributed by atoms with E-state index in [1.807, 2.05) is 0 Å². The Balaban J connectivity index is 3.36. The van der Waals surface area contributed by atoms with Gasteiger partial charge in [-0.2, -0.15) is 0 Å². The van der Waals surface area contributed by atoms with Crippen molar-refractivity contribution < 1.29 is 14.8 Å². The molecule has 1 aromatic rings. The summed E-state index contributed by atoms with van der Waals surface area (Å²) in [6, 6.07) is 2.84. The first-order valence-corrected chi connectivity index (χ1v) is 5.27. The number of aryl methyl sites for hydroxylation is 1. The second kappa shape index (κ2) is 4.59. The van der Waals surface area contributed by atoms with E-state index < -0.39 is 16.4 Å². The number of nitro groups is 1. The van der Waals surface area contributed by atoms with E-state index in [2.05, 4.69) is 4.98 Å². The molecule has 1 N–H and O–H groups in total. The maximum atomic E-state index is 11.2. The molecule has 0 saturated heterocycles. The van der Waals surface area contributed by atoms with Crippen molar-refractivity contribution in [3.8, 4) is 0 Å². The molecular formula is C11H15N3O4. The van der Waals surface area contributed by atoms with Gasteiger partial charge >= 0.3 is 11.7 Å². The van der Waals surface area contributed by atoms with Crippen LogP contribution in [0, 0.1) is 17.0 Å². The summed E-state index contributed by atoms with van der Waals surface area (Å²) in [6.07, 6.45) is 0. The van der Waals surface area contributed by atoms with Crippen LogP contribution in [0.2, 0.25) is 0 Å². The van der Waals surface area contributed by atoms with E-state index in [9.17, 15) is 14.9 Å². The highest BCUT2D eigenvalue weighted by Gasteiger charge is 2.36. The number of nitrogens with zero attached hydrogens (tertiary/aromatic N) is 3. The summed E-state index contributed by atoms with van der Waals surface area (Å²) < 4.78 is 0. The van der Waals surface area contributed by atoms with Gasteiger partial charge in [0.25, 0.3) is 0 Å². The molecule has 0 saturated carbocycles. The summed E-state index contributed by atoms with van der Waals surface area (Å²) >= 11 is 0. The molecule has 1 rings (SSSR count). The largest absolute Gasteiger partial charge is 0.480 e. The smallest absolute Gasteiger partial charge is 0.328 e. The minimum Gasteiger partial charge on any atom is -0.480 e. The zero-order valence-corrected chi connectivity index (χ0v) is 10.7. The van der Waals surface area contributed by atoms with Gasteiger partial charge in [0, 0.05) is 18.8 Å². The molecule has 0 amide bonds. The van der Waals surface area contributed by atoms with E-state index in [4.69, 9.17) is 5.11 Å². The number of rotatable bonds is 4. The minimum absolute atomic E-state index is 0.0485. The Morgan fingerprint density at radius 2 is 2.06 bits per heavy atom. The van der Waals surface area contributed by atoms with E-state index in [0.29, 0.717) is 5.69 Å². The minimum atomic E-state index is -1.29. The fourth-order valence-electron chi connectivity index (χ4n) is 1.33. The van der Waals surface area contributed by atoms with Crippen LogP contribution in [0.15, 0.2) is 12.1 Å². The summed E-state index contributed by atoms with van der Waals surface area (Å²) in [4.78, 5) is 26.9. The average Bonchev–Trinajstić information content (AvgIpc) is 2.27. The van der Waals surface area contributed by atoms with Crippen LogP contribution in [-0.2, 0) is 4.79 Å². The van der Waals surface area contributed by atoms with Gasteiger partial charge in [0.05, 0.1) is 4.92 Å². The molecular weight excluding hydrogens is 238 g/mol. The van der Waals surface area contributed by atoms with Crippen LogP contribution in [0.4, 0.5) is 11.5 Å². The second-order valence-corrected chi connectivity index (χ2v) is 4.48. The van der Waals surface area contributed by atoms with Crippen LogP contribution in [0.25, 0.3) is 0 Å². The number of anilines is 1. The number of aliphatic carboxylic acids is 1. The Labute approximate surface area is 104 Å². The highest BCUT2D eigenvalue weighted by molar-refractivity contribution is 5.83. The molecule has 0 aliphatic carbocycles. The van der Waals surface area contributed by atoms with Gasteiger partial charge in [0.2, 0.25) is 5.82 Å². The predicted molar refractivity (Wildman–Crippen MR) is 65.7 cm³/mol. The SMILES string of the molecule is Cc1ccc([N+](=O)[O-])c(N(C)C(C)(C)C(=O)O)n1. The number of aromatic nitrogens is 1. The van der Waals surface area contributed by atoms with Crippen molar-refractivity contribution in [1.82, 2.24) is 4.98 Å². The summed E-state index contributed by atoms with van der Waals surface area (Å²) in [5.74, 6) is -1.03. The molecule has 0 fully saturated rings. The molecule has 0 aliphatic heterocycles. The topological polar surface area (TPSA) is 96.6 Å². The molecule has 0 bridgehead atoms. The Bertz CT molecular complexity index is 499. The Hall–Kier alpha value is -2.18. The summed E-state index contributed by atoms with van der Waals surface area (Å²) in [5.41, 5.74) is -0.910. The molecule has 0 unspecified atom stereocenters. The Morgan fingerprint density at radius 1 is 1.50 bits per heavy atom. The molecule has 98 valence electrons. The lowest BCUT2D eigenvalue weighted by atomic mass is 10.0. The Kier molecular flexibility index (Phi) is 3.54. The monoisotopic (exact) mass is 253 g/mol. The highest BCUT2D eigenvalue weighted by Crippen LogP contribution is 2.29. The molecule has 0 spiro atoms. The van der Waals surface area contributed by atoms with Crippen LogP contribution >= 0.6 is 0 Å².